The summed E-state index contributed by atoms with van der Waals surface area (Å²) in [5.74, 6) is 0.0569. The van der Waals surface area contributed by atoms with E-state index in [2.05, 4.69) is 10.2 Å². The van der Waals surface area contributed by atoms with Gasteiger partial charge in [0.05, 0.1) is 5.88 Å². The van der Waals surface area contributed by atoms with Crippen molar-refractivity contribution in [2.75, 3.05) is 24.7 Å². The second-order valence-corrected chi connectivity index (χ2v) is 6.41. The molecule has 0 aromatic rings. The Labute approximate surface area is 116 Å². The molecule has 3 aliphatic heterocycles. The molecule has 3 atom stereocenters. The minimum Gasteiger partial charge on any atom is -0.480 e. The number of nitrogens with zero attached hydrogens (tertiary/aromatic N) is 2. The van der Waals surface area contributed by atoms with Gasteiger partial charge in [-0.15, -0.1) is 11.8 Å². The molecule has 0 spiro atoms. The van der Waals surface area contributed by atoms with Gasteiger partial charge in [0.25, 0.3) is 0 Å². The van der Waals surface area contributed by atoms with E-state index in [4.69, 9.17) is 5.11 Å². The average Bonchev–Trinajstić information content (AvgIpc) is 3.04. The molecule has 0 bridgehead atoms. The number of carboxylic acid groups (broad SMARTS) is 1. The van der Waals surface area contributed by atoms with Crippen LogP contribution in [0.3, 0.4) is 0 Å². The van der Waals surface area contributed by atoms with Gasteiger partial charge < -0.3 is 15.3 Å². The standard InChI is InChI=1S/C12H19N3O3S/c16-11(17)10-6-19-7-15(10)12(18)13-8-3-5-14-4-1-2-9(8)14/h8-10H,1-7H2,(H,13,18)(H,16,17)/t8?,9?,10-/m0/s1. The van der Waals surface area contributed by atoms with Gasteiger partial charge in [0.15, 0.2) is 0 Å². The molecule has 2 unspecified atom stereocenters. The first kappa shape index (κ1) is 13.1. The first-order valence-electron chi connectivity index (χ1n) is 6.78. The number of amides is 2. The zero-order valence-electron chi connectivity index (χ0n) is 10.7. The highest BCUT2D eigenvalue weighted by molar-refractivity contribution is 7.99. The molecule has 3 rings (SSSR count). The Morgan fingerprint density at radius 2 is 2.11 bits per heavy atom. The van der Waals surface area contributed by atoms with E-state index in [9.17, 15) is 9.59 Å². The van der Waals surface area contributed by atoms with Crippen LogP contribution in [0.2, 0.25) is 0 Å². The lowest BCUT2D eigenvalue weighted by Gasteiger charge is -2.26. The maximum atomic E-state index is 12.2. The average molecular weight is 285 g/mol. The second kappa shape index (κ2) is 5.20. The normalized spacial score (nSPS) is 34.5. The zero-order valence-corrected chi connectivity index (χ0v) is 11.6. The summed E-state index contributed by atoms with van der Waals surface area (Å²) in [7, 11) is 0. The van der Waals surface area contributed by atoms with Crippen molar-refractivity contribution >= 4 is 23.8 Å². The predicted octanol–water partition coefficient (Wildman–Crippen LogP) is 0.392. The van der Waals surface area contributed by atoms with Crippen LogP contribution in [0.25, 0.3) is 0 Å². The molecule has 0 aliphatic carbocycles. The van der Waals surface area contributed by atoms with Crippen molar-refractivity contribution < 1.29 is 14.7 Å². The van der Waals surface area contributed by atoms with Crippen molar-refractivity contribution in [2.24, 2.45) is 0 Å². The van der Waals surface area contributed by atoms with Crippen LogP contribution in [0.1, 0.15) is 19.3 Å². The van der Waals surface area contributed by atoms with Crippen molar-refractivity contribution in [2.45, 2.75) is 37.4 Å². The molecule has 106 valence electrons. The van der Waals surface area contributed by atoms with Crippen LogP contribution in [0, 0.1) is 0 Å². The third-order valence-corrected chi connectivity index (χ3v) is 5.36. The minimum atomic E-state index is -0.908. The molecule has 7 heteroatoms. The van der Waals surface area contributed by atoms with Crippen LogP contribution >= 0.6 is 11.8 Å². The number of carbonyl (C=O) groups excluding carboxylic acids is 1. The summed E-state index contributed by atoms with van der Waals surface area (Å²) < 4.78 is 0. The largest absolute Gasteiger partial charge is 0.480 e. The van der Waals surface area contributed by atoms with Crippen molar-refractivity contribution in [3.05, 3.63) is 0 Å². The van der Waals surface area contributed by atoms with Gasteiger partial charge in [-0.05, 0) is 25.8 Å². The molecular formula is C12H19N3O3S. The van der Waals surface area contributed by atoms with Crippen LogP contribution in [0.5, 0.6) is 0 Å². The Hall–Kier alpha value is -0.950. The molecule has 3 heterocycles. The number of nitrogens with one attached hydrogen (secondary N) is 1. The van der Waals surface area contributed by atoms with Gasteiger partial charge in [-0.3, -0.25) is 4.90 Å². The molecule has 0 saturated carbocycles. The van der Waals surface area contributed by atoms with Crippen molar-refractivity contribution in [3.8, 4) is 0 Å². The molecule has 2 amide bonds. The Morgan fingerprint density at radius 3 is 2.89 bits per heavy atom. The summed E-state index contributed by atoms with van der Waals surface area (Å²) in [4.78, 5) is 27.2. The molecule has 0 aromatic heterocycles. The summed E-state index contributed by atoms with van der Waals surface area (Å²) in [5.41, 5.74) is 0. The van der Waals surface area contributed by atoms with Crippen LogP contribution in [-0.2, 0) is 4.79 Å². The van der Waals surface area contributed by atoms with Gasteiger partial charge in [-0.2, -0.15) is 0 Å². The van der Waals surface area contributed by atoms with Crippen molar-refractivity contribution in [1.29, 1.82) is 0 Å². The number of rotatable bonds is 2. The van der Waals surface area contributed by atoms with Gasteiger partial charge >= 0.3 is 12.0 Å². The SMILES string of the molecule is O=C(O)[C@@H]1CSCN1C(=O)NC1CCN2CCCC12. The molecule has 19 heavy (non-hydrogen) atoms. The van der Waals surface area contributed by atoms with E-state index < -0.39 is 12.0 Å². The van der Waals surface area contributed by atoms with E-state index in [1.165, 1.54) is 23.1 Å². The van der Waals surface area contributed by atoms with Crippen LogP contribution in [-0.4, -0.2) is 69.8 Å². The summed E-state index contributed by atoms with van der Waals surface area (Å²) in [6, 6.07) is -0.236. The lowest BCUT2D eigenvalue weighted by molar-refractivity contribution is -0.140. The highest BCUT2D eigenvalue weighted by atomic mass is 32.2. The number of aliphatic carboxylic acids is 1. The number of fused-ring (bicyclic) bond motifs is 1. The Kier molecular flexibility index (Phi) is 3.58. The van der Waals surface area contributed by atoms with E-state index in [0.717, 1.165) is 25.9 Å². The second-order valence-electron chi connectivity index (χ2n) is 5.41. The quantitative estimate of drug-likeness (QED) is 0.768. The number of hydrogen-bond donors (Lipinski definition) is 2. The molecule has 3 aliphatic rings. The predicted molar refractivity (Wildman–Crippen MR) is 72.1 cm³/mol. The number of hydrogen-bond acceptors (Lipinski definition) is 4. The summed E-state index contributed by atoms with van der Waals surface area (Å²) in [5, 5.41) is 12.1. The van der Waals surface area contributed by atoms with Crippen LogP contribution in [0.4, 0.5) is 4.79 Å². The van der Waals surface area contributed by atoms with Crippen molar-refractivity contribution in [3.63, 3.8) is 0 Å². The fraction of sp³-hybridized carbons (Fsp3) is 0.833. The molecular weight excluding hydrogens is 266 g/mol. The monoisotopic (exact) mass is 285 g/mol. The highest BCUT2D eigenvalue weighted by Crippen LogP contribution is 2.28. The van der Waals surface area contributed by atoms with Gasteiger partial charge in [-0.25, -0.2) is 9.59 Å². The zero-order chi connectivity index (χ0) is 13.4. The summed E-state index contributed by atoms with van der Waals surface area (Å²) >= 11 is 1.50. The van der Waals surface area contributed by atoms with E-state index in [1.807, 2.05) is 0 Å². The molecule has 6 nitrogen and oxygen atoms in total. The minimum absolute atomic E-state index is 0.190. The number of carboxylic acids is 1. The maximum Gasteiger partial charge on any atom is 0.327 e. The fourth-order valence-electron chi connectivity index (χ4n) is 3.34. The lowest BCUT2D eigenvalue weighted by Crippen LogP contribution is -2.52. The first-order chi connectivity index (χ1) is 9.16. The smallest absolute Gasteiger partial charge is 0.327 e. The fourth-order valence-corrected chi connectivity index (χ4v) is 4.48. The number of thioether (sulfide) groups is 1. The van der Waals surface area contributed by atoms with Gasteiger partial charge in [0, 0.05) is 24.4 Å². The topological polar surface area (TPSA) is 72.9 Å². The number of urea groups is 1. The van der Waals surface area contributed by atoms with E-state index >= 15 is 0 Å². The van der Waals surface area contributed by atoms with Crippen molar-refractivity contribution in [1.82, 2.24) is 15.1 Å². The number of carbonyl (C=O) groups is 2. The molecule has 2 N–H and O–H groups in total. The lowest BCUT2D eigenvalue weighted by atomic mass is 10.1. The Balaban J connectivity index is 1.60. The molecule has 0 radical (unpaired) electrons. The Morgan fingerprint density at radius 1 is 1.26 bits per heavy atom. The van der Waals surface area contributed by atoms with Crippen LogP contribution < -0.4 is 5.32 Å². The van der Waals surface area contributed by atoms with Gasteiger partial charge in [0.2, 0.25) is 0 Å². The van der Waals surface area contributed by atoms with E-state index in [0.29, 0.717) is 17.7 Å². The third-order valence-electron chi connectivity index (χ3n) is 4.34. The summed E-state index contributed by atoms with van der Waals surface area (Å²) in [6.07, 6.45) is 3.32. The molecule has 3 saturated heterocycles. The highest BCUT2D eigenvalue weighted by Gasteiger charge is 2.40. The van der Waals surface area contributed by atoms with Gasteiger partial charge in [0.1, 0.15) is 6.04 Å². The van der Waals surface area contributed by atoms with E-state index in [-0.39, 0.29) is 12.1 Å². The first-order valence-corrected chi connectivity index (χ1v) is 7.94. The van der Waals surface area contributed by atoms with Crippen LogP contribution in [0.15, 0.2) is 0 Å². The third kappa shape index (κ3) is 2.41. The summed E-state index contributed by atoms with van der Waals surface area (Å²) in [6.45, 7) is 2.18. The molecule has 0 aromatic carbocycles. The molecule has 3 fully saturated rings. The van der Waals surface area contributed by atoms with E-state index in [1.54, 1.807) is 0 Å². The maximum absolute atomic E-state index is 12.2. The Bertz CT molecular complexity index is 392. The van der Waals surface area contributed by atoms with Gasteiger partial charge in [-0.1, -0.05) is 0 Å².